The topological polar surface area (TPSA) is 81.8 Å². The van der Waals surface area contributed by atoms with Gasteiger partial charge in [-0.15, -0.1) is 0 Å². The molecule has 0 bridgehead atoms. The number of imidazole rings is 2. The third-order valence-corrected chi connectivity index (χ3v) is 6.29. The van der Waals surface area contributed by atoms with E-state index in [0.29, 0.717) is 6.08 Å². The standard InChI is InChI=1S/C16H16F5N5O2S/c1-5-29(27,28)14-11(22-7-25(14)3)13-24-10-6-9(15(17,18)16(19,20)21)8(2)23-12(10)26(13)4/h6-7,23H,2,5H2,1,3-4H3. The van der Waals surface area contributed by atoms with Crippen LogP contribution in [0.15, 0.2) is 29.2 Å². The van der Waals surface area contributed by atoms with Gasteiger partial charge in [0.25, 0.3) is 0 Å². The minimum atomic E-state index is -5.82. The highest BCUT2D eigenvalue weighted by Gasteiger charge is 2.61. The second kappa shape index (κ2) is 6.40. The van der Waals surface area contributed by atoms with Crippen molar-refractivity contribution >= 4 is 21.7 Å². The zero-order valence-electron chi connectivity index (χ0n) is 15.5. The van der Waals surface area contributed by atoms with Crippen molar-refractivity contribution in [1.29, 1.82) is 0 Å². The van der Waals surface area contributed by atoms with E-state index in [9.17, 15) is 30.4 Å². The lowest BCUT2D eigenvalue weighted by molar-refractivity contribution is -0.262. The molecule has 2 aromatic rings. The number of fused-ring (bicyclic) bond motifs is 1. The molecule has 1 aliphatic rings. The summed E-state index contributed by atoms with van der Waals surface area (Å²) < 4.78 is 93.4. The van der Waals surface area contributed by atoms with Crippen LogP contribution in [0.1, 0.15) is 12.6 Å². The average molecular weight is 437 g/mol. The van der Waals surface area contributed by atoms with Crippen LogP contribution in [-0.2, 0) is 23.9 Å². The monoisotopic (exact) mass is 437 g/mol. The fraction of sp³-hybridized carbons (Fsp3) is 0.375. The van der Waals surface area contributed by atoms with E-state index in [1.165, 1.54) is 36.5 Å². The van der Waals surface area contributed by atoms with E-state index >= 15 is 0 Å². The number of aryl methyl sites for hydroxylation is 1. The summed E-state index contributed by atoms with van der Waals surface area (Å²) in [5.41, 5.74) is -2.28. The van der Waals surface area contributed by atoms with E-state index in [-0.39, 0.29) is 33.8 Å². The summed E-state index contributed by atoms with van der Waals surface area (Å²) in [5.74, 6) is -5.30. The Hall–Kier alpha value is -2.70. The van der Waals surface area contributed by atoms with Crippen LogP contribution in [-0.4, -0.2) is 45.4 Å². The van der Waals surface area contributed by atoms with E-state index in [2.05, 4.69) is 21.9 Å². The summed E-state index contributed by atoms with van der Waals surface area (Å²) >= 11 is 0. The van der Waals surface area contributed by atoms with Crippen LogP contribution in [0.4, 0.5) is 27.8 Å². The van der Waals surface area contributed by atoms with E-state index in [1.807, 2.05) is 0 Å². The van der Waals surface area contributed by atoms with E-state index in [0.717, 1.165) is 0 Å². The highest BCUT2D eigenvalue weighted by molar-refractivity contribution is 7.91. The quantitative estimate of drug-likeness (QED) is 0.744. The number of halogens is 5. The number of aromatic nitrogens is 4. The van der Waals surface area contributed by atoms with Gasteiger partial charge in [0.2, 0.25) is 0 Å². The number of nitrogens with one attached hydrogen (secondary N) is 1. The molecule has 0 aromatic carbocycles. The first kappa shape index (κ1) is 21.0. The van der Waals surface area contributed by atoms with Gasteiger partial charge in [-0.3, -0.25) is 0 Å². The molecule has 0 unspecified atom stereocenters. The maximum absolute atomic E-state index is 13.8. The molecule has 1 N–H and O–H groups in total. The lowest BCUT2D eigenvalue weighted by atomic mass is 10.0. The molecule has 0 amide bonds. The molecule has 7 nitrogen and oxygen atoms in total. The van der Waals surface area contributed by atoms with Crippen LogP contribution in [0.5, 0.6) is 0 Å². The average Bonchev–Trinajstić information content (AvgIpc) is 3.14. The summed E-state index contributed by atoms with van der Waals surface area (Å²) in [6.07, 6.45) is -3.99. The first-order valence-corrected chi connectivity index (χ1v) is 9.81. The van der Waals surface area contributed by atoms with Crippen LogP contribution in [0.3, 0.4) is 0 Å². The molecule has 3 heterocycles. The molecular weight excluding hydrogens is 421 g/mol. The predicted molar refractivity (Wildman–Crippen MR) is 94.9 cm³/mol. The molecule has 1 aliphatic heterocycles. The van der Waals surface area contributed by atoms with Crippen molar-refractivity contribution in [2.24, 2.45) is 14.1 Å². The van der Waals surface area contributed by atoms with Crippen molar-refractivity contribution < 1.29 is 30.4 Å². The second-order valence-corrected chi connectivity index (χ2v) is 8.57. The van der Waals surface area contributed by atoms with Gasteiger partial charge in [0.1, 0.15) is 17.2 Å². The highest BCUT2D eigenvalue weighted by atomic mass is 32.2. The maximum Gasteiger partial charge on any atom is 0.458 e. The number of hydrogen-bond donors (Lipinski definition) is 1. The van der Waals surface area contributed by atoms with Gasteiger partial charge in [-0.1, -0.05) is 13.5 Å². The smallest absolute Gasteiger partial charge is 0.340 e. The Balaban J connectivity index is 2.21. The largest absolute Gasteiger partial charge is 0.458 e. The summed E-state index contributed by atoms with van der Waals surface area (Å²) in [6.45, 7) is 4.70. The Morgan fingerprint density at radius 2 is 1.83 bits per heavy atom. The fourth-order valence-electron chi connectivity index (χ4n) is 2.92. The number of rotatable bonds is 4. The SMILES string of the molecule is C=C1Nc2c(nc(-c3ncn(C)c3S(=O)(=O)CC)n2C)C=C1C(F)(F)C(F)(F)F. The van der Waals surface area contributed by atoms with Crippen LogP contribution in [0.2, 0.25) is 0 Å². The summed E-state index contributed by atoms with van der Waals surface area (Å²) in [4.78, 5) is 8.10. The van der Waals surface area contributed by atoms with Crippen molar-refractivity contribution in [1.82, 2.24) is 19.1 Å². The predicted octanol–water partition coefficient (Wildman–Crippen LogP) is 3.13. The van der Waals surface area contributed by atoms with Gasteiger partial charge >= 0.3 is 12.1 Å². The molecule has 0 atom stereocenters. The summed E-state index contributed by atoms with van der Waals surface area (Å²) in [5, 5.41) is 2.25. The molecule has 2 aromatic heterocycles. The number of hydrogen-bond acceptors (Lipinski definition) is 5. The van der Waals surface area contributed by atoms with Gasteiger partial charge in [0, 0.05) is 19.8 Å². The van der Waals surface area contributed by atoms with Crippen LogP contribution in [0, 0.1) is 0 Å². The molecule has 158 valence electrons. The Labute approximate surface area is 162 Å². The van der Waals surface area contributed by atoms with Crippen molar-refractivity contribution in [3.8, 4) is 11.5 Å². The van der Waals surface area contributed by atoms with Crippen molar-refractivity contribution in [2.45, 2.75) is 24.0 Å². The molecule has 0 fully saturated rings. The Morgan fingerprint density at radius 1 is 1.21 bits per heavy atom. The first-order chi connectivity index (χ1) is 13.2. The first-order valence-electron chi connectivity index (χ1n) is 8.16. The van der Waals surface area contributed by atoms with Gasteiger partial charge in [0.05, 0.1) is 17.7 Å². The lowest BCUT2D eigenvalue weighted by Gasteiger charge is -2.27. The number of alkyl halides is 5. The Kier molecular flexibility index (Phi) is 4.64. The fourth-order valence-corrected chi connectivity index (χ4v) is 4.12. The van der Waals surface area contributed by atoms with Gasteiger partial charge in [-0.05, 0) is 6.08 Å². The molecule has 13 heteroatoms. The zero-order chi connectivity index (χ0) is 21.9. The van der Waals surface area contributed by atoms with Gasteiger partial charge in [-0.25, -0.2) is 18.4 Å². The normalized spacial score (nSPS) is 15.2. The van der Waals surface area contributed by atoms with Gasteiger partial charge in [0.15, 0.2) is 20.7 Å². The van der Waals surface area contributed by atoms with Crippen LogP contribution >= 0.6 is 0 Å². The third-order valence-electron chi connectivity index (χ3n) is 4.46. The maximum atomic E-state index is 13.8. The number of sulfone groups is 1. The Bertz CT molecular complexity index is 1140. The zero-order valence-corrected chi connectivity index (χ0v) is 16.3. The van der Waals surface area contributed by atoms with E-state index in [4.69, 9.17) is 0 Å². The summed E-state index contributed by atoms with van der Waals surface area (Å²) in [7, 11) is -0.816. The molecule has 0 saturated heterocycles. The number of allylic oxidation sites excluding steroid dienone is 1. The Morgan fingerprint density at radius 3 is 2.38 bits per heavy atom. The molecule has 0 saturated carbocycles. The molecule has 0 radical (unpaired) electrons. The summed E-state index contributed by atoms with van der Waals surface area (Å²) in [6, 6.07) is 0. The van der Waals surface area contributed by atoms with E-state index in [1.54, 1.807) is 0 Å². The highest BCUT2D eigenvalue weighted by Crippen LogP contribution is 2.46. The van der Waals surface area contributed by atoms with Gasteiger partial charge < -0.3 is 14.5 Å². The minimum absolute atomic E-state index is 0.0178. The molecular formula is C16H16F5N5O2S. The second-order valence-electron chi connectivity index (χ2n) is 6.37. The number of nitrogens with zero attached hydrogens (tertiary/aromatic N) is 4. The number of anilines is 1. The van der Waals surface area contributed by atoms with Crippen molar-refractivity contribution in [3.05, 3.63) is 29.9 Å². The van der Waals surface area contributed by atoms with Crippen molar-refractivity contribution in [2.75, 3.05) is 11.1 Å². The van der Waals surface area contributed by atoms with Gasteiger partial charge in [-0.2, -0.15) is 22.0 Å². The molecule has 3 rings (SSSR count). The third kappa shape index (κ3) is 3.12. The lowest BCUT2D eigenvalue weighted by Crippen LogP contribution is -2.40. The molecule has 0 spiro atoms. The molecule has 29 heavy (non-hydrogen) atoms. The van der Waals surface area contributed by atoms with E-state index < -0.39 is 33.2 Å². The minimum Gasteiger partial charge on any atom is -0.340 e. The van der Waals surface area contributed by atoms with Crippen LogP contribution in [0.25, 0.3) is 17.6 Å². The molecule has 0 aliphatic carbocycles. The van der Waals surface area contributed by atoms with Crippen LogP contribution < -0.4 is 5.32 Å². The van der Waals surface area contributed by atoms with Crippen molar-refractivity contribution in [3.63, 3.8) is 0 Å².